The molecule has 0 aromatic heterocycles. The van der Waals surface area contributed by atoms with Gasteiger partial charge >= 0.3 is 11.9 Å². The first kappa shape index (κ1) is 26.4. The second-order valence-corrected chi connectivity index (χ2v) is 7.30. The first-order chi connectivity index (χ1) is 13.5. The lowest BCUT2D eigenvalue weighted by atomic mass is 10.1. The molecule has 0 aromatic rings. The second-order valence-electron chi connectivity index (χ2n) is 6.26. The maximum atomic E-state index is 12.2. The monoisotopic (exact) mass is 433 g/mol. The first-order valence-corrected chi connectivity index (χ1v) is 10.1. The Morgan fingerprint density at radius 2 is 1.55 bits per heavy atom. The lowest BCUT2D eigenvalue weighted by Crippen LogP contribution is -2.51. The van der Waals surface area contributed by atoms with E-state index in [-0.39, 0.29) is 38.0 Å². The molecule has 3 amide bonds. The molecule has 0 aromatic carbocycles. The van der Waals surface area contributed by atoms with E-state index in [1.54, 1.807) is 6.26 Å². The van der Waals surface area contributed by atoms with Gasteiger partial charge in [-0.3, -0.25) is 28.8 Å². The van der Waals surface area contributed by atoms with Crippen LogP contribution in [0.1, 0.15) is 39.5 Å². The number of carbonyl (C=O) groups excluding carboxylic acids is 4. The van der Waals surface area contributed by atoms with Crippen molar-refractivity contribution >= 4 is 47.2 Å². The van der Waals surface area contributed by atoms with Crippen molar-refractivity contribution in [3.05, 3.63) is 0 Å². The Kier molecular flexibility index (Phi) is 12.3. The zero-order valence-electron chi connectivity index (χ0n) is 16.5. The highest BCUT2D eigenvalue weighted by molar-refractivity contribution is 7.99. The third kappa shape index (κ3) is 11.7. The summed E-state index contributed by atoms with van der Waals surface area (Å²) in [4.78, 5) is 68.9. The lowest BCUT2D eigenvalue weighted by molar-refractivity contribution is -0.139. The highest BCUT2D eigenvalue weighted by atomic mass is 32.2. The average Bonchev–Trinajstić information content (AvgIpc) is 2.62. The molecule has 5 N–H and O–H groups in total. The van der Waals surface area contributed by atoms with E-state index in [1.165, 1.54) is 13.8 Å². The van der Waals surface area contributed by atoms with Crippen LogP contribution in [0.2, 0.25) is 0 Å². The van der Waals surface area contributed by atoms with Gasteiger partial charge in [0.1, 0.15) is 6.04 Å². The number of amides is 3. The Labute approximate surface area is 172 Å². The molecule has 0 saturated heterocycles. The topological polar surface area (TPSA) is 179 Å². The average molecular weight is 433 g/mol. The van der Waals surface area contributed by atoms with Crippen LogP contribution in [0, 0.1) is 0 Å². The minimum Gasteiger partial charge on any atom is -0.481 e. The molecule has 0 fully saturated rings. The molecule has 1 unspecified atom stereocenters. The van der Waals surface area contributed by atoms with Gasteiger partial charge in [0.2, 0.25) is 17.7 Å². The summed E-state index contributed by atoms with van der Waals surface area (Å²) < 4.78 is 0. The van der Waals surface area contributed by atoms with E-state index in [4.69, 9.17) is 10.2 Å². The highest BCUT2D eigenvalue weighted by Crippen LogP contribution is 2.11. The van der Waals surface area contributed by atoms with E-state index in [0.717, 1.165) is 11.8 Å². The predicted molar refractivity (Wildman–Crippen MR) is 104 cm³/mol. The fraction of sp³-hybridized carbons (Fsp3) is 0.647. The molecular weight excluding hydrogens is 406 g/mol. The van der Waals surface area contributed by atoms with Gasteiger partial charge < -0.3 is 26.2 Å². The SMILES string of the molecule is CSC(CC(=O)O)C(=O)NCCC(=O)N[C@@H](CCC(=O)O)C(=O)N[C@@H](C)C(C)=O. The molecular formula is C17H27N3O8S. The number of thioether (sulfide) groups is 1. The number of ketones is 1. The van der Waals surface area contributed by atoms with E-state index >= 15 is 0 Å². The molecule has 12 heteroatoms. The summed E-state index contributed by atoms with van der Waals surface area (Å²) in [6.45, 7) is 2.66. The van der Waals surface area contributed by atoms with E-state index < -0.39 is 47.0 Å². The molecule has 0 heterocycles. The van der Waals surface area contributed by atoms with Crippen molar-refractivity contribution in [3.63, 3.8) is 0 Å². The number of carbonyl (C=O) groups is 6. The Morgan fingerprint density at radius 1 is 0.931 bits per heavy atom. The fourth-order valence-corrected chi connectivity index (χ4v) is 2.68. The molecule has 0 aliphatic heterocycles. The molecule has 3 atom stereocenters. The Morgan fingerprint density at radius 3 is 2.03 bits per heavy atom. The number of nitrogens with one attached hydrogen (secondary N) is 3. The summed E-state index contributed by atoms with van der Waals surface area (Å²) in [5, 5.41) is 24.0. The van der Waals surface area contributed by atoms with Crippen molar-refractivity contribution in [1.29, 1.82) is 0 Å². The molecule has 0 aliphatic carbocycles. The molecule has 0 saturated carbocycles. The molecule has 0 radical (unpaired) electrons. The third-order valence-electron chi connectivity index (χ3n) is 3.86. The molecule has 164 valence electrons. The molecule has 0 spiro atoms. The van der Waals surface area contributed by atoms with Gasteiger partial charge in [-0.1, -0.05) is 0 Å². The maximum absolute atomic E-state index is 12.2. The zero-order chi connectivity index (χ0) is 22.6. The van der Waals surface area contributed by atoms with Crippen LogP contribution < -0.4 is 16.0 Å². The molecule has 0 rings (SSSR count). The Hall–Kier alpha value is -2.63. The predicted octanol–water partition coefficient (Wildman–Crippen LogP) is -0.858. The summed E-state index contributed by atoms with van der Waals surface area (Å²) >= 11 is 1.07. The Balaban J connectivity index is 4.69. The largest absolute Gasteiger partial charge is 0.481 e. The van der Waals surface area contributed by atoms with Gasteiger partial charge in [-0.05, 0) is 26.5 Å². The second kappa shape index (κ2) is 13.5. The third-order valence-corrected chi connectivity index (χ3v) is 4.81. The van der Waals surface area contributed by atoms with Gasteiger partial charge in [0.05, 0.1) is 17.7 Å². The minimum atomic E-state index is -1.15. The standard InChI is InChI=1S/C17H27N3O8S/c1-9(10(2)21)19-16(27)11(4-5-14(23)24)20-13(22)6-7-18-17(28)12(29-3)8-15(25)26/h9,11-12H,4-8H2,1-3H3,(H,18,28)(H,19,27)(H,20,22)(H,23,24)(H,25,26)/t9-,11-,12?/m0/s1. The molecule has 0 bridgehead atoms. The zero-order valence-corrected chi connectivity index (χ0v) is 17.3. The van der Waals surface area contributed by atoms with Crippen molar-refractivity contribution in [3.8, 4) is 0 Å². The van der Waals surface area contributed by atoms with E-state index in [2.05, 4.69) is 16.0 Å². The van der Waals surface area contributed by atoms with Crippen LogP contribution in [0.25, 0.3) is 0 Å². The molecule has 0 aliphatic rings. The molecule has 29 heavy (non-hydrogen) atoms. The van der Waals surface area contributed by atoms with Gasteiger partial charge in [0.25, 0.3) is 0 Å². The van der Waals surface area contributed by atoms with Crippen LogP contribution in [0.3, 0.4) is 0 Å². The summed E-state index contributed by atoms with van der Waals surface area (Å²) in [6, 6.07) is -1.94. The van der Waals surface area contributed by atoms with Crippen molar-refractivity contribution < 1.29 is 39.0 Å². The normalized spacial score (nSPS) is 13.5. The van der Waals surface area contributed by atoms with Gasteiger partial charge in [0, 0.05) is 19.4 Å². The minimum absolute atomic E-state index is 0.0849. The first-order valence-electron chi connectivity index (χ1n) is 8.82. The van der Waals surface area contributed by atoms with Gasteiger partial charge in [-0.15, -0.1) is 0 Å². The van der Waals surface area contributed by atoms with Gasteiger partial charge in [-0.25, -0.2) is 0 Å². The molecule has 11 nitrogen and oxygen atoms in total. The summed E-state index contributed by atoms with van der Waals surface area (Å²) in [5.41, 5.74) is 0. The van der Waals surface area contributed by atoms with Gasteiger partial charge in [-0.2, -0.15) is 11.8 Å². The number of carboxylic acids is 2. The van der Waals surface area contributed by atoms with Gasteiger partial charge in [0.15, 0.2) is 5.78 Å². The van der Waals surface area contributed by atoms with Crippen LogP contribution in [-0.2, 0) is 28.8 Å². The van der Waals surface area contributed by atoms with Crippen molar-refractivity contribution in [1.82, 2.24) is 16.0 Å². The van der Waals surface area contributed by atoms with Crippen molar-refractivity contribution in [2.24, 2.45) is 0 Å². The smallest absolute Gasteiger partial charge is 0.305 e. The van der Waals surface area contributed by atoms with E-state index in [0.29, 0.717) is 0 Å². The number of Topliss-reactive ketones (excluding diaryl/α,β-unsaturated/α-hetero) is 1. The van der Waals surface area contributed by atoms with E-state index in [1.807, 2.05) is 0 Å². The quantitative estimate of drug-likeness (QED) is 0.233. The Bertz CT molecular complexity index is 640. The number of carboxylic acid groups (broad SMARTS) is 2. The fourth-order valence-electron chi connectivity index (χ4n) is 2.07. The van der Waals surface area contributed by atoms with Crippen molar-refractivity contribution in [2.45, 2.75) is 56.9 Å². The maximum Gasteiger partial charge on any atom is 0.305 e. The number of hydrogen-bond acceptors (Lipinski definition) is 7. The van der Waals surface area contributed by atoms with Crippen LogP contribution in [0.15, 0.2) is 0 Å². The van der Waals surface area contributed by atoms with Crippen LogP contribution in [-0.4, -0.2) is 75.8 Å². The highest BCUT2D eigenvalue weighted by Gasteiger charge is 2.24. The number of aliphatic carboxylic acids is 2. The van der Waals surface area contributed by atoms with Crippen LogP contribution in [0.4, 0.5) is 0 Å². The van der Waals surface area contributed by atoms with E-state index in [9.17, 15) is 28.8 Å². The lowest BCUT2D eigenvalue weighted by Gasteiger charge is -2.20. The van der Waals surface area contributed by atoms with Crippen molar-refractivity contribution in [2.75, 3.05) is 12.8 Å². The number of hydrogen-bond donors (Lipinski definition) is 5. The summed E-state index contributed by atoms with van der Waals surface area (Å²) in [7, 11) is 0. The summed E-state index contributed by atoms with van der Waals surface area (Å²) in [6.07, 6.45) is 0.503. The van der Waals surface area contributed by atoms with Crippen LogP contribution >= 0.6 is 11.8 Å². The number of rotatable bonds is 14. The summed E-state index contributed by atoms with van der Waals surface area (Å²) in [5.74, 6) is -4.38. The van der Waals surface area contributed by atoms with Crippen LogP contribution in [0.5, 0.6) is 0 Å².